The van der Waals surface area contributed by atoms with Gasteiger partial charge in [0.2, 0.25) is 5.91 Å². The molecule has 3 N–H and O–H groups in total. The Kier molecular flexibility index (Phi) is 6.59. The molecule has 2 atom stereocenters. The van der Waals surface area contributed by atoms with Gasteiger partial charge in [0.1, 0.15) is 0 Å². The Morgan fingerprint density at radius 2 is 1.92 bits per heavy atom. The van der Waals surface area contributed by atoms with E-state index in [4.69, 9.17) is 5.73 Å². The molecule has 1 amide bonds. The number of carbonyl (C=O) groups excluding carboxylic acids is 1. The second-order valence-electron chi connectivity index (χ2n) is 3.42. The van der Waals surface area contributed by atoms with Crippen LogP contribution in [0.15, 0.2) is 0 Å². The third-order valence-electron chi connectivity index (χ3n) is 2.25. The molecule has 0 rings (SSSR count). The molecule has 3 heteroatoms. The fourth-order valence-electron chi connectivity index (χ4n) is 1.22. The summed E-state index contributed by atoms with van der Waals surface area (Å²) < 4.78 is 0. The standard InChI is InChI=1S/C10H22N2O/c1-4-7-8(5-2)12-10(13)9(11)6-3/h8-9H,4-7,11H2,1-3H3,(H,12,13)/t8?,9-/m0/s1. The first kappa shape index (κ1) is 12.4. The second-order valence-corrected chi connectivity index (χ2v) is 3.42. The van der Waals surface area contributed by atoms with Gasteiger partial charge in [-0.25, -0.2) is 0 Å². The average Bonchev–Trinajstić information content (AvgIpc) is 2.15. The minimum Gasteiger partial charge on any atom is -0.352 e. The molecule has 0 aliphatic heterocycles. The molecule has 1 unspecified atom stereocenters. The number of carbonyl (C=O) groups is 1. The van der Waals surface area contributed by atoms with E-state index >= 15 is 0 Å². The van der Waals surface area contributed by atoms with E-state index in [1.807, 2.05) is 6.92 Å². The number of hydrogen-bond donors (Lipinski definition) is 2. The van der Waals surface area contributed by atoms with Gasteiger partial charge in [0, 0.05) is 6.04 Å². The molecule has 0 fully saturated rings. The summed E-state index contributed by atoms with van der Waals surface area (Å²) in [6, 6.07) is -0.0407. The highest BCUT2D eigenvalue weighted by Gasteiger charge is 2.14. The maximum atomic E-state index is 11.4. The number of hydrogen-bond acceptors (Lipinski definition) is 2. The molecule has 0 bridgehead atoms. The lowest BCUT2D eigenvalue weighted by molar-refractivity contribution is -0.123. The number of amides is 1. The zero-order valence-corrected chi connectivity index (χ0v) is 8.97. The molecule has 13 heavy (non-hydrogen) atoms. The van der Waals surface area contributed by atoms with Crippen LogP contribution in [0.5, 0.6) is 0 Å². The quantitative estimate of drug-likeness (QED) is 0.659. The Balaban J connectivity index is 3.85. The zero-order valence-electron chi connectivity index (χ0n) is 8.97. The summed E-state index contributed by atoms with van der Waals surface area (Å²) in [5, 5.41) is 2.95. The smallest absolute Gasteiger partial charge is 0.237 e. The fraction of sp³-hybridized carbons (Fsp3) is 0.900. The van der Waals surface area contributed by atoms with Crippen molar-refractivity contribution in [2.24, 2.45) is 5.73 Å². The summed E-state index contributed by atoms with van der Waals surface area (Å²) >= 11 is 0. The van der Waals surface area contributed by atoms with Crippen molar-refractivity contribution in [2.45, 2.75) is 58.5 Å². The molecule has 0 aromatic heterocycles. The van der Waals surface area contributed by atoms with Gasteiger partial charge in [-0.2, -0.15) is 0 Å². The Morgan fingerprint density at radius 1 is 1.31 bits per heavy atom. The van der Waals surface area contributed by atoms with Crippen LogP contribution in [0.4, 0.5) is 0 Å². The third-order valence-corrected chi connectivity index (χ3v) is 2.25. The van der Waals surface area contributed by atoms with Gasteiger partial charge in [-0.05, 0) is 19.3 Å². The van der Waals surface area contributed by atoms with Gasteiger partial charge in [-0.3, -0.25) is 4.79 Å². The molecule has 78 valence electrons. The minimum absolute atomic E-state index is 0.0113. The number of rotatable bonds is 6. The van der Waals surface area contributed by atoms with E-state index < -0.39 is 0 Å². The molecule has 0 saturated carbocycles. The van der Waals surface area contributed by atoms with E-state index in [2.05, 4.69) is 19.2 Å². The SMILES string of the molecule is CCCC(CC)NC(=O)[C@@H](N)CC. The highest BCUT2D eigenvalue weighted by atomic mass is 16.2. The maximum absolute atomic E-state index is 11.4. The van der Waals surface area contributed by atoms with E-state index in [1.165, 1.54) is 0 Å². The van der Waals surface area contributed by atoms with E-state index in [-0.39, 0.29) is 11.9 Å². The van der Waals surface area contributed by atoms with Crippen molar-refractivity contribution in [3.63, 3.8) is 0 Å². The van der Waals surface area contributed by atoms with Gasteiger partial charge in [-0.15, -0.1) is 0 Å². The van der Waals surface area contributed by atoms with E-state index in [0.717, 1.165) is 19.3 Å². The molecule has 0 saturated heterocycles. The van der Waals surface area contributed by atoms with Crippen molar-refractivity contribution in [1.82, 2.24) is 5.32 Å². The van der Waals surface area contributed by atoms with Gasteiger partial charge in [0.15, 0.2) is 0 Å². The first-order valence-electron chi connectivity index (χ1n) is 5.21. The van der Waals surface area contributed by atoms with Crippen LogP contribution in [0.25, 0.3) is 0 Å². The molecular formula is C10H22N2O. The molecule has 0 radical (unpaired) electrons. The number of nitrogens with one attached hydrogen (secondary N) is 1. The average molecular weight is 186 g/mol. The van der Waals surface area contributed by atoms with Gasteiger partial charge >= 0.3 is 0 Å². The van der Waals surface area contributed by atoms with Crippen molar-refractivity contribution < 1.29 is 4.79 Å². The molecule has 0 aliphatic rings. The summed E-state index contributed by atoms with van der Waals surface area (Å²) in [7, 11) is 0. The van der Waals surface area contributed by atoms with Crippen LogP contribution in [0.3, 0.4) is 0 Å². The summed E-state index contributed by atoms with van der Waals surface area (Å²) in [5.74, 6) is -0.0113. The predicted molar refractivity (Wildman–Crippen MR) is 55.4 cm³/mol. The molecule has 0 heterocycles. The highest BCUT2D eigenvalue weighted by Crippen LogP contribution is 2.01. The van der Waals surface area contributed by atoms with Gasteiger partial charge in [0.25, 0.3) is 0 Å². The lowest BCUT2D eigenvalue weighted by Gasteiger charge is -2.18. The Morgan fingerprint density at radius 3 is 2.31 bits per heavy atom. The van der Waals surface area contributed by atoms with Crippen molar-refractivity contribution in [2.75, 3.05) is 0 Å². The van der Waals surface area contributed by atoms with Crippen LogP contribution in [-0.2, 0) is 4.79 Å². The fourth-order valence-corrected chi connectivity index (χ4v) is 1.22. The van der Waals surface area contributed by atoms with Gasteiger partial charge in [0.05, 0.1) is 6.04 Å². The van der Waals surface area contributed by atoms with E-state index in [9.17, 15) is 4.79 Å². The lowest BCUT2D eigenvalue weighted by Crippen LogP contribution is -2.44. The van der Waals surface area contributed by atoms with Crippen LogP contribution in [-0.4, -0.2) is 18.0 Å². The van der Waals surface area contributed by atoms with Crippen molar-refractivity contribution in [3.8, 4) is 0 Å². The molecular weight excluding hydrogens is 164 g/mol. The maximum Gasteiger partial charge on any atom is 0.237 e. The van der Waals surface area contributed by atoms with Gasteiger partial charge in [-0.1, -0.05) is 27.2 Å². The van der Waals surface area contributed by atoms with E-state index in [1.54, 1.807) is 0 Å². The van der Waals surface area contributed by atoms with Crippen molar-refractivity contribution in [3.05, 3.63) is 0 Å². The Labute approximate surface area is 81.1 Å². The number of nitrogens with two attached hydrogens (primary N) is 1. The Hall–Kier alpha value is -0.570. The summed E-state index contributed by atoms with van der Waals surface area (Å²) in [6.07, 6.45) is 3.82. The molecule has 3 nitrogen and oxygen atoms in total. The van der Waals surface area contributed by atoms with E-state index in [0.29, 0.717) is 12.5 Å². The first-order chi connectivity index (χ1) is 6.15. The summed E-state index contributed by atoms with van der Waals surface area (Å²) in [4.78, 5) is 11.4. The monoisotopic (exact) mass is 186 g/mol. The first-order valence-corrected chi connectivity index (χ1v) is 5.21. The summed E-state index contributed by atoms with van der Waals surface area (Å²) in [6.45, 7) is 6.12. The zero-order chi connectivity index (χ0) is 10.3. The second kappa shape index (κ2) is 6.89. The molecule has 0 spiro atoms. The van der Waals surface area contributed by atoms with Crippen molar-refractivity contribution >= 4 is 5.91 Å². The summed E-state index contributed by atoms with van der Waals surface area (Å²) in [5.41, 5.74) is 5.60. The van der Waals surface area contributed by atoms with Crippen molar-refractivity contribution in [1.29, 1.82) is 0 Å². The molecule has 0 aromatic rings. The van der Waals surface area contributed by atoms with Crippen LogP contribution in [0, 0.1) is 0 Å². The predicted octanol–water partition coefficient (Wildman–Crippen LogP) is 1.42. The molecule has 0 aliphatic carbocycles. The Bertz CT molecular complexity index is 148. The van der Waals surface area contributed by atoms with Crippen LogP contribution in [0.1, 0.15) is 46.5 Å². The third kappa shape index (κ3) is 4.88. The minimum atomic E-state index is -0.342. The normalized spacial score (nSPS) is 15.1. The van der Waals surface area contributed by atoms with Crippen LogP contribution >= 0.6 is 0 Å². The largest absolute Gasteiger partial charge is 0.352 e. The highest BCUT2D eigenvalue weighted by molar-refractivity contribution is 5.81. The lowest BCUT2D eigenvalue weighted by atomic mass is 10.1. The van der Waals surface area contributed by atoms with Crippen LogP contribution < -0.4 is 11.1 Å². The van der Waals surface area contributed by atoms with Crippen LogP contribution in [0.2, 0.25) is 0 Å². The molecule has 0 aromatic carbocycles. The topological polar surface area (TPSA) is 55.1 Å². The van der Waals surface area contributed by atoms with Gasteiger partial charge < -0.3 is 11.1 Å².